The maximum absolute atomic E-state index is 12.3. The number of rotatable bonds is 4. The van der Waals surface area contributed by atoms with Crippen molar-refractivity contribution in [2.75, 3.05) is 6.61 Å². The van der Waals surface area contributed by atoms with Gasteiger partial charge in [0.15, 0.2) is 0 Å². The third-order valence-corrected chi connectivity index (χ3v) is 3.79. The van der Waals surface area contributed by atoms with Crippen molar-refractivity contribution in [3.8, 4) is 5.75 Å². The molecular formula is C19H18O3. The van der Waals surface area contributed by atoms with Gasteiger partial charge in [-0.25, -0.2) is 4.79 Å². The maximum atomic E-state index is 12.3. The van der Waals surface area contributed by atoms with Crippen LogP contribution in [0.15, 0.2) is 57.7 Å². The van der Waals surface area contributed by atoms with Crippen LogP contribution in [0.4, 0.5) is 0 Å². The fourth-order valence-corrected chi connectivity index (χ4v) is 2.64. The third-order valence-electron chi connectivity index (χ3n) is 3.79. The summed E-state index contributed by atoms with van der Waals surface area (Å²) in [6.07, 6.45) is 0.582. The van der Waals surface area contributed by atoms with Gasteiger partial charge >= 0.3 is 5.63 Å². The molecular weight excluding hydrogens is 276 g/mol. The molecule has 0 unspecified atom stereocenters. The Labute approximate surface area is 129 Å². The lowest BCUT2D eigenvalue weighted by molar-refractivity contribution is 0.340. The van der Waals surface area contributed by atoms with Crippen LogP contribution in [0.2, 0.25) is 0 Å². The highest BCUT2D eigenvalue weighted by atomic mass is 16.5. The Morgan fingerprint density at radius 2 is 1.86 bits per heavy atom. The van der Waals surface area contributed by atoms with Gasteiger partial charge in [0.25, 0.3) is 0 Å². The molecule has 22 heavy (non-hydrogen) atoms. The first-order chi connectivity index (χ1) is 10.7. The number of aryl methyl sites for hydroxylation is 1. The molecule has 3 aromatic rings. The minimum absolute atomic E-state index is 0.275. The van der Waals surface area contributed by atoms with Gasteiger partial charge in [-0.3, -0.25) is 0 Å². The second-order valence-electron chi connectivity index (χ2n) is 5.25. The molecule has 3 nitrogen and oxygen atoms in total. The van der Waals surface area contributed by atoms with Crippen LogP contribution in [0, 0.1) is 6.92 Å². The highest BCUT2D eigenvalue weighted by Gasteiger charge is 2.12. The van der Waals surface area contributed by atoms with E-state index in [1.54, 1.807) is 6.07 Å². The summed E-state index contributed by atoms with van der Waals surface area (Å²) < 4.78 is 11.0. The average Bonchev–Trinajstić information content (AvgIpc) is 2.52. The van der Waals surface area contributed by atoms with E-state index in [0.717, 1.165) is 16.5 Å². The van der Waals surface area contributed by atoms with Crippen molar-refractivity contribution in [3.05, 3.63) is 75.6 Å². The molecule has 0 aliphatic heterocycles. The van der Waals surface area contributed by atoms with Crippen LogP contribution in [-0.4, -0.2) is 6.61 Å². The van der Waals surface area contributed by atoms with Gasteiger partial charge in [0.1, 0.15) is 11.3 Å². The highest BCUT2D eigenvalue weighted by Crippen LogP contribution is 2.25. The van der Waals surface area contributed by atoms with Gasteiger partial charge in [0.2, 0.25) is 0 Å². The Morgan fingerprint density at radius 1 is 1.09 bits per heavy atom. The van der Waals surface area contributed by atoms with E-state index in [0.29, 0.717) is 29.9 Å². The first kappa shape index (κ1) is 14.4. The molecule has 0 aliphatic carbocycles. The lowest BCUT2D eigenvalue weighted by Gasteiger charge is -2.09. The van der Waals surface area contributed by atoms with E-state index in [-0.39, 0.29) is 5.63 Å². The highest BCUT2D eigenvalue weighted by molar-refractivity contribution is 5.82. The summed E-state index contributed by atoms with van der Waals surface area (Å²) in [4.78, 5) is 12.3. The molecule has 3 heteroatoms. The second-order valence-corrected chi connectivity index (χ2v) is 5.25. The van der Waals surface area contributed by atoms with Crippen molar-refractivity contribution in [1.82, 2.24) is 0 Å². The van der Waals surface area contributed by atoms with Crippen molar-refractivity contribution in [2.45, 2.75) is 20.3 Å². The van der Waals surface area contributed by atoms with Crippen LogP contribution in [0.3, 0.4) is 0 Å². The molecule has 0 amide bonds. The predicted molar refractivity (Wildman–Crippen MR) is 87.6 cm³/mol. The lowest BCUT2D eigenvalue weighted by Crippen LogP contribution is -2.11. The largest absolute Gasteiger partial charge is 0.494 e. The molecule has 112 valence electrons. The molecule has 1 heterocycles. The first-order valence-corrected chi connectivity index (χ1v) is 7.42. The number of fused-ring (bicyclic) bond motifs is 1. The van der Waals surface area contributed by atoms with Gasteiger partial charge in [0.05, 0.1) is 6.61 Å². The zero-order valence-corrected chi connectivity index (χ0v) is 12.8. The van der Waals surface area contributed by atoms with E-state index in [1.165, 1.54) is 0 Å². The Morgan fingerprint density at radius 3 is 2.59 bits per heavy atom. The van der Waals surface area contributed by atoms with Gasteiger partial charge in [-0.15, -0.1) is 0 Å². The van der Waals surface area contributed by atoms with Crippen LogP contribution < -0.4 is 10.4 Å². The van der Waals surface area contributed by atoms with E-state index in [9.17, 15) is 4.79 Å². The summed E-state index contributed by atoms with van der Waals surface area (Å²) >= 11 is 0. The zero-order valence-electron chi connectivity index (χ0n) is 12.8. The quantitative estimate of drug-likeness (QED) is 0.680. The molecule has 0 radical (unpaired) electrons. The summed E-state index contributed by atoms with van der Waals surface area (Å²) in [5, 5.41) is 0.953. The lowest BCUT2D eigenvalue weighted by atomic mass is 10.00. The monoisotopic (exact) mass is 294 g/mol. The molecule has 0 N–H and O–H groups in total. The van der Waals surface area contributed by atoms with Gasteiger partial charge in [0, 0.05) is 23.4 Å². The van der Waals surface area contributed by atoms with Crippen LogP contribution in [0.25, 0.3) is 11.0 Å². The van der Waals surface area contributed by atoms with Gasteiger partial charge in [-0.05, 0) is 37.1 Å². The van der Waals surface area contributed by atoms with E-state index in [1.807, 2.05) is 56.3 Å². The smallest absolute Gasteiger partial charge is 0.340 e. The predicted octanol–water partition coefficient (Wildman–Crippen LogP) is 4.09. The number of benzene rings is 2. The first-order valence-electron chi connectivity index (χ1n) is 7.42. The molecule has 0 fully saturated rings. The van der Waals surface area contributed by atoms with Crippen molar-refractivity contribution in [3.63, 3.8) is 0 Å². The summed E-state index contributed by atoms with van der Waals surface area (Å²) in [6.45, 7) is 4.48. The van der Waals surface area contributed by atoms with E-state index >= 15 is 0 Å². The molecule has 0 aliphatic rings. The van der Waals surface area contributed by atoms with Gasteiger partial charge in [-0.1, -0.05) is 30.3 Å². The van der Waals surface area contributed by atoms with E-state index < -0.39 is 0 Å². The average molecular weight is 294 g/mol. The molecule has 0 saturated carbocycles. The maximum Gasteiger partial charge on any atom is 0.340 e. The topological polar surface area (TPSA) is 39.4 Å². The summed E-state index contributed by atoms with van der Waals surface area (Å²) in [5.74, 6) is 0.716. The zero-order chi connectivity index (χ0) is 15.5. The molecule has 0 atom stereocenters. The van der Waals surface area contributed by atoms with Crippen LogP contribution in [0.1, 0.15) is 23.6 Å². The fourth-order valence-electron chi connectivity index (χ4n) is 2.64. The Kier molecular flexibility index (Phi) is 3.96. The molecule has 1 aromatic heterocycles. The Hall–Kier alpha value is -2.55. The number of hydrogen-bond donors (Lipinski definition) is 0. The summed E-state index contributed by atoms with van der Waals surface area (Å²) in [7, 11) is 0. The molecule has 0 saturated heterocycles. The van der Waals surface area contributed by atoms with Crippen LogP contribution >= 0.6 is 0 Å². The molecule has 0 spiro atoms. The van der Waals surface area contributed by atoms with Crippen LogP contribution in [-0.2, 0) is 6.42 Å². The minimum Gasteiger partial charge on any atom is -0.494 e. The van der Waals surface area contributed by atoms with Crippen molar-refractivity contribution < 1.29 is 9.15 Å². The molecule has 2 aromatic carbocycles. The normalized spacial score (nSPS) is 10.8. The Bertz CT molecular complexity index is 848. The SMILES string of the molecule is CCOc1ccc2c(C)c(Cc3ccccc3)c(=O)oc2c1. The summed E-state index contributed by atoms with van der Waals surface area (Å²) in [6, 6.07) is 15.6. The van der Waals surface area contributed by atoms with Crippen LogP contribution in [0.5, 0.6) is 5.75 Å². The second kappa shape index (κ2) is 6.06. The third kappa shape index (κ3) is 2.75. The number of ether oxygens (including phenoxy) is 1. The summed E-state index contributed by atoms with van der Waals surface area (Å²) in [5.41, 5.74) is 3.08. The minimum atomic E-state index is -0.275. The van der Waals surface area contributed by atoms with Gasteiger partial charge in [-0.2, -0.15) is 0 Å². The number of hydrogen-bond acceptors (Lipinski definition) is 3. The van der Waals surface area contributed by atoms with Crippen molar-refractivity contribution in [1.29, 1.82) is 0 Å². The van der Waals surface area contributed by atoms with E-state index in [2.05, 4.69) is 0 Å². The van der Waals surface area contributed by atoms with Gasteiger partial charge < -0.3 is 9.15 Å². The van der Waals surface area contributed by atoms with E-state index in [4.69, 9.17) is 9.15 Å². The Balaban J connectivity index is 2.08. The molecule has 0 bridgehead atoms. The van der Waals surface area contributed by atoms with Crippen molar-refractivity contribution >= 4 is 11.0 Å². The standard InChI is InChI=1S/C19H18O3/c1-3-21-15-9-10-16-13(2)17(19(20)22-18(16)12-15)11-14-7-5-4-6-8-14/h4-10,12H,3,11H2,1-2H3. The molecule has 3 rings (SSSR count). The fraction of sp³-hybridized carbons (Fsp3) is 0.211. The van der Waals surface area contributed by atoms with Crippen molar-refractivity contribution in [2.24, 2.45) is 0 Å².